The molecular weight excluding hydrogens is 239 g/mol. The van der Waals surface area contributed by atoms with Gasteiger partial charge in [-0.05, 0) is 13.3 Å². The van der Waals surface area contributed by atoms with Crippen LogP contribution in [0, 0.1) is 5.92 Å². The van der Waals surface area contributed by atoms with Gasteiger partial charge < -0.3 is 16.4 Å². The Hall–Kier alpha value is -1.31. The van der Waals surface area contributed by atoms with Crippen LogP contribution in [-0.2, 0) is 9.59 Å². The molecule has 1 fully saturated rings. The highest BCUT2D eigenvalue weighted by Gasteiger charge is 2.56. The number of nitrogens with zero attached hydrogens (tertiary/aromatic N) is 1. The number of alkyl halides is 3. The molecule has 1 heterocycles. The molecule has 2 amide bonds. The lowest BCUT2D eigenvalue weighted by Gasteiger charge is -2.30. The van der Waals surface area contributed by atoms with E-state index in [2.05, 4.69) is 0 Å². The van der Waals surface area contributed by atoms with Crippen molar-refractivity contribution in [1.82, 2.24) is 4.90 Å². The van der Waals surface area contributed by atoms with Crippen LogP contribution in [-0.4, -0.2) is 41.5 Å². The molecule has 0 bridgehead atoms. The molecule has 4 N–H and O–H groups in total. The highest BCUT2D eigenvalue weighted by molar-refractivity contribution is 5.88. The summed E-state index contributed by atoms with van der Waals surface area (Å²) in [6.07, 6.45) is -4.55. The third-order valence-corrected chi connectivity index (χ3v) is 2.91. The summed E-state index contributed by atoms with van der Waals surface area (Å²) in [6, 6.07) is 0. The Balaban J connectivity index is 2.77. The van der Waals surface area contributed by atoms with Crippen molar-refractivity contribution < 1.29 is 22.8 Å². The van der Waals surface area contributed by atoms with Crippen LogP contribution < -0.4 is 11.5 Å². The van der Waals surface area contributed by atoms with Crippen molar-refractivity contribution in [3.63, 3.8) is 0 Å². The Morgan fingerprint density at radius 2 is 1.88 bits per heavy atom. The zero-order chi connectivity index (χ0) is 13.4. The zero-order valence-corrected chi connectivity index (χ0v) is 9.25. The molecule has 0 aliphatic carbocycles. The predicted octanol–water partition coefficient (Wildman–Crippen LogP) is -0.400. The van der Waals surface area contributed by atoms with Gasteiger partial charge in [0, 0.05) is 13.1 Å². The molecule has 0 radical (unpaired) electrons. The first-order valence-electron chi connectivity index (χ1n) is 5.01. The van der Waals surface area contributed by atoms with Gasteiger partial charge in [0.25, 0.3) is 5.91 Å². The number of nitrogens with two attached hydrogens (primary N) is 2. The lowest BCUT2D eigenvalue weighted by molar-refractivity contribution is -0.193. The van der Waals surface area contributed by atoms with Crippen LogP contribution in [0.5, 0.6) is 0 Å². The van der Waals surface area contributed by atoms with Gasteiger partial charge in [-0.2, -0.15) is 13.2 Å². The molecule has 0 aromatic carbocycles. The molecule has 5 nitrogen and oxygen atoms in total. The third kappa shape index (κ3) is 2.51. The van der Waals surface area contributed by atoms with E-state index in [1.165, 1.54) is 0 Å². The molecular formula is C9H14F3N3O2. The molecule has 8 heteroatoms. The van der Waals surface area contributed by atoms with Crippen molar-refractivity contribution in [2.45, 2.75) is 25.1 Å². The van der Waals surface area contributed by atoms with Gasteiger partial charge in [0.2, 0.25) is 5.91 Å². The van der Waals surface area contributed by atoms with Crippen LogP contribution >= 0.6 is 0 Å². The van der Waals surface area contributed by atoms with Gasteiger partial charge in [-0.1, -0.05) is 0 Å². The molecule has 98 valence electrons. The fourth-order valence-corrected chi connectivity index (χ4v) is 1.63. The normalized spacial score (nSPS) is 24.5. The van der Waals surface area contributed by atoms with Gasteiger partial charge in [0.1, 0.15) is 0 Å². The Bertz CT molecular complexity index is 341. The Morgan fingerprint density at radius 3 is 2.24 bits per heavy atom. The largest absolute Gasteiger partial charge is 0.415 e. The fourth-order valence-electron chi connectivity index (χ4n) is 1.63. The zero-order valence-electron chi connectivity index (χ0n) is 9.25. The highest BCUT2D eigenvalue weighted by Crippen LogP contribution is 2.31. The number of rotatable bonds is 2. The van der Waals surface area contributed by atoms with E-state index < -0.39 is 29.4 Å². The SMILES string of the molecule is CC(N)(C(=O)N1CCC(C(N)=O)C1)C(F)(F)F. The Morgan fingerprint density at radius 1 is 1.35 bits per heavy atom. The number of hydrogen-bond acceptors (Lipinski definition) is 3. The molecule has 1 rings (SSSR count). The lowest BCUT2D eigenvalue weighted by Crippen LogP contribution is -2.61. The van der Waals surface area contributed by atoms with Crippen molar-refractivity contribution in [2.24, 2.45) is 17.4 Å². The molecule has 2 atom stereocenters. The van der Waals surface area contributed by atoms with Crippen LogP contribution in [0.15, 0.2) is 0 Å². The maximum atomic E-state index is 12.5. The number of carbonyl (C=O) groups excluding carboxylic acids is 2. The van der Waals surface area contributed by atoms with E-state index in [1.807, 2.05) is 0 Å². The summed E-state index contributed by atoms with van der Waals surface area (Å²) in [5.41, 5.74) is 7.10. The monoisotopic (exact) mass is 253 g/mol. The summed E-state index contributed by atoms with van der Waals surface area (Å²) >= 11 is 0. The van der Waals surface area contributed by atoms with E-state index >= 15 is 0 Å². The van der Waals surface area contributed by atoms with Gasteiger partial charge >= 0.3 is 6.18 Å². The van der Waals surface area contributed by atoms with Crippen LogP contribution in [0.3, 0.4) is 0 Å². The second kappa shape index (κ2) is 4.17. The highest BCUT2D eigenvalue weighted by atomic mass is 19.4. The molecule has 17 heavy (non-hydrogen) atoms. The summed E-state index contributed by atoms with van der Waals surface area (Å²) in [7, 11) is 0. The maximum absolute atomic E-state index is 12.5. The Labute approximate surface area is 95.9 Å². The molecule has 0 spiro atoms. The van der Waals surface area contributed by atoms with Gasteiger partial charge in [-0.3, -0.25) is 9.59 Å². The smallest absolute Gasteiger partial charge is 0.369 e. The van der Waals surface area contributed by atoms with E-state index in [-0.39, 0.29) is 19.5 Å². The van der Waals surface area contributed by atoms with E-state index in [1.54, 1.807) is 0 Å². The average Bonchev–Trinajstić information content (AvgIpc) is 2.63. The number of halogens is 3. The fraction of sp³-hybridized carbons (Fsp3) is 0.778. The summed E-state index contributed by atoms with van der Waals surface area (Å²) in [4.78, 5) is 23.4. The van der Waals surface area contributed by atoms with Crippen LogP contribution in [0.2, 0.25) is 0 Å². The lowest BCUT2D eigenvalue weighted by atomic mass is 10.0. The minimum Gasteiger partial charge on any atom is -0.369 e. The topological polar surface area (TPSA) is 89.4 Å². The third-order valence-electron chi connectivity index (χ3n) is 2.91. The van der Waals surface area contributed by atoms with Crippen molar-refractivity contribution >= 4 is 11.8 Å². The van der Waals surface area contributed by atoms with Crippen LogP contribution in [0.1, 0.15) is 13.3 Å². The number of amides is 2. The van der Waals surface area contributed by atoms with E-state index in [4.69, 9.17) is 11.5 Å². The van der Waals surface area contributed by atoms with Crippen molar-refractivity contribution in [3.05, 3.63) is 0 Å². The van der Waals surface area contributed by atoms with Crippen molar-refractivity contribution in [3.8, 4) is 0 Å². The number of hydrogen-bond donors (Lipinski definition) is 2. The summed E-state index contributed by atoms with van der Waals surface area (Å²) in [5.74, 6) is -2.44. The van der Waals surface area contributed by atoms with Gasteiger partial charge in [0.15, 0.2) is 5.54 Å². The first-order valence-corrected chi connectivity index (χ1v) is 5.01. The minimum atomic E-state index is -4.82. The molecule has 2 unspecified atom stereocenters. The molecule has 0 saturated carbocycles. The molecule has 1 saturated heterocycles. The second-order valence-corrected chi connectivity index (χ2v) is 4.34. The van der Waals surface area contributed by atoms with Crippen molar-refractivity contribution in [2.75, 3.05) is 13.1 Å². The van der Waals surface area contributed by atoms with Crippen LogP contribution in [0.25, 0.3) is 0 Å². The summed E-state index contributed by atoms with van der Waals surface area (Å²) in [6.45, 7) is 0.583. The molecule has 0 aromatic rings. The van der Waals surface area contributed by atoms with Crippen LogP contribution in [0.4, 0.5) is 13.2 Å². The molecule has 1 aliphatic rings. The number of primary amides is 1. The number of likely N-dealkylation sites (tertiary alicyclic amines) is 1. The molecule has 1 aliphatic heterocycles. The second-order valence-electron chi connectivity index (χ2n) is 4.34. The minimum absolute atomic E-state index is 0.0648. The quantitative estimate of drug-likeness (QED) is 0.701. The molecule has 0 aromatic heterocycles. The maximum Gasteiger partial charge on any atom is 0.415 e. The first-order chi connectivity index (χ1) is 7.57. The standard InChI is InChI=1S/C9H14F3N3O2/c1-8(14,9(10,11)12)7(17)15-3-2-5(4-15)6(13)16/h5H,2-4,14H2,1H3,(H2,13,16). The first kappa shape index (κ1) is 13.8. The van der Waals surface area contributed by atoms with Gasteiger partial charge in [-0.25, -0.2) is 0 Å². The number of carbonyl (C=O) groups is 2. The summed E-state index contributed by atoms with van der Waals surface area (Å²) < 4.78 is 37.6. The summed E-state index contributed by atoms with van der Waals surface area (Å²) in [5, 5.41) is 0. The predicted molar refractivity (Wildman–Crippen MR) is 52.5 cm³/mol. The average molecular weight is 253 g/mol. The van der Waals surface area contributed by atoms with Crippen molar-refractivity contribution in [1.29, 1.82) is 0 Å². The van der Waals surface area contributed by atoms with E-state index in [9.17, 15) is 22.8 Å². The van der Waals surface area contributed by atoms with Gasteiger partial charge in [0.05, 0.1) is 5.92 Å². The Kier molecular flexibility index (Phi) is 3.37. The van der Waals surface area contributed by atoms with Gasteiger partial charge in [-0.15, -0.1) is 0 Å². The van der Waals surface area contributed by atoms with E-state index in [0.717, 1.165) is 4.90 Å². The van der Waals surface area contributed by atoms with E-state index in [0.29, 0.717) is 6.92 Å².